The van der Waals surface area contributed by atoms with Gasteiger partial charge in [-0.25, -0.2) is 8.42 Å². The van der Waals surface area contributed by atoms with Crippen molar-refractivity contribution in [3.8, 4) is 5.75 Å². The Bertz CT molecular complexity index is 992. The molecule has 0 saturated carbocycles. The molecule has 0 spiro atoms. The Kier molecular flexibility index (Phi) is 6.83. The second kappa shape index (κ2) is 9.18. The van der Waals surface area contributed by atoms with Crippen LogP contribution in [0, 0.1) is 18.8 Å². The van der Waals surface area contributed by atoms with Crippen molar-refractivity contribution in [2.24, 2.45) is 11.8 Å². The molecule has 3 rings (SSSR count). The first-order valence-electron chi connectivity index (χ1n) is 10.2. The number of hydrogen-bond donors (Lipinski definition) is 1. The summed E-state index contributed by atoms with van der Waals surface area (Å²) in [4.78, 5) is 12.7. The second-order valence-corrected chi connectivity index (χ2v) is 10.2. The number of sulfonamides is 1. The summed E-state index contributed by atoms with van der Waals surface area (Å²) < 4.78 is 33.5. The lowest BCUT2D eigenvalue weighted by molar-refractivity contribution is 0.0950. The Morgan fingerprint density at radius 1 is 1.10 bits per heavy atom. The minimum Gasteiger partial charge on any atom is -0.495 e. The number of hydrogen-bond acceptors (Lipinski definition) is 4. The minimum atomic E-state index is -3.77. The molecule has 2 atom stereocenters. The third-order valence-electron chi connectivity index (χ3n) is 5.45. The normalized spacial score (nSPS) is 20.0. The smallest absolute Gasteiger partial charge is 0.251 e. The maximum absolute atomic E-state index is 13.4. The number of carbonyl (C=O) groups is 1. The molecule has 2 aromatic rings. The molecule has 162 valence electrons. The van der Waals surface area contributed by atoms with Gasteiger partial charge in [0.15, 0.2) is 0 Å². The molecule has 1 aliphatic heterocycles. The highest BCUT2D eigenvalue weighted by molar-refractivity contribution is 7.89. The highest BCUT2D eigenvalue weighted by atomic mass is 32.2. The molecule has 0 radical (unpaired) electrons. The molecular weight excluding hydrogens is 400 g/mol. The summed E-state index contributed by atoms with van der Waals surface area (Å²) in [7, 11) is -2.33. The van der Waals surface area contributed by atoms with E-state index in [1.54, 1.807) is 12.1 Å². The van der Waals surface area contributed by atoms with Gasteiger partial charge in [-0.2, -0.15) is 4.31 Å². The molecule has 1 saturated heterocycles. The standard InChI is InChI=1S/C23H30N2O4S/c1-16-5-7-19(8-6-16)13-24-23(26)20-9-10-21(29-4)22(12-20)30(27,28)25-14-17(2)11-18(3)15-25/h5-10,12,17-18H,11,13-15H2,1-4H3,(H,24,26). The molecule has 1 N–H and O–H groups in total. The third kappa shape index (κ3) is 5.02. The van der Waals surface area contributed by atoms with Gasteiger partial charge in [0.25, 0.3) is 5.91 Å². The molecule has 1 heterocycles. The summed E-state index contributed by atoms with van der Waals surface area (Å²) in [6.45, 7) is 7.44. The predicted octanol–water partition coefficient (Wildman–Crippen LogP) is 3.60. The molecule has 1 fully saturated rings. The van der Waals surface area contributed by atoms with Crippen molar-refractivity contribution in [3.63, 3.8) is 0 Å². The predicted molar refractivity (Wildman–Crippen MR) is 117 cm³/mol. The quantitative estimate of drug-likeness (QED) is 0.760. The summed E-state index contributed by atoms with van der Waals surface area (Å²) in [5.41, 5.74) is 2.42. The van der Waals surface area contributed by atoms with Crippen LogP contribution in [0.4, 0.5) is 0 Å². The molecule has 0 bridgehead atoms. The van der Waals surface area contributed by atoms with Crippen LogP contribution in [-0.2, 0) is 16.6 Å². The van der Waals surface area contributed by atoms with Crippen molar-refractivity contribution in [1.29, 1.82) is 0 Å². The summed E-state index contributed by atoms with van der Waals surface area (Å²) in [5.74, 6) is 0.497. The Morgan fingerprint density at radius 3 is 2.33 bits per heavy atom. The monoisotopic (exact) mass is 430 g/mol. The van der Waals surface area contributed by atoms with Gasteiger partial charge in [0.1, 0.15) is 10.6 Å². The fourth-order valence-electron chi connectivity index (χ4n) is 3.95. The fourth-order valence-corrected chi connectivity index (χ4v) is 5.81. The Labute approximate surface area is 179 Å². The first-order valence-corrected chi connectivity index (χ1v) is 11.7. The fraction of sp³-hybridized carbons (Fsp3) is 0.435. The van der Waals surface area contributed by atoms with Crippen LogP contribution < -0.4 is 10.1 Å². The van der Waals surface area contributed by atoms with Crippen LogP contribution in [-0.4, -0.2) is 38.8 Å². The van der Waals surface area contributed by atoms with Crippen molar-refractivity contribution in [2.45, 2.75) is 38.6 Å². The molecule has 1 amide bonds. The number of nitrogens with zero attached hydrogens (tertiary/aromatic N) is 1. The number of carbonyl (C=O) groups excluding carboxylic acids is 1. The van der Waals surface area contributed by atoms with E-state index in [9.17, 15) is 13.2 Å². The van der Waals surface area contributed by atoms with Crippen molar-refractivity contribution in [2.75, 3.05) is 20.2 Å². The number of nitrogens with one attached hydrogen (secondary N) is 1. The molecule has 7 heteroatoms. The van der Waals surface area contributed by atoms with E-state index in [0.29, 0.717) is 25.2 Å². The van der Waals surface area contributed by atoms with Gasteiger partial charge in [0, 0.05) is 25.2 Å². The lowest BCUT2D eigenvalue weighted by atomic mass is 9.94. The van der Waals surface area contributed by atoms with Crippen molar-refractivity contribution >= 4 is 15.9 Å². The number of amides is 1. The molecule has 2 unspecified atom stereocenters. The van der Waals surface area contributed by atoms with Gasteiger partial charge < -0.3 is 10.1 Å². The van der Waals surface area contributed by atoms with Gasteiger partial charge >= 0.3 is 0 Å². The average Bonchev–Trinajstić information content (AvgIpc) is 2.72. The molecule has 0 aromatic heterocycles. The van der Waals surface area contributed by atoms with Gasteiger partial charge in [-0.3, -0.25) is 4.79 Å². The van der Waals surface area contributed by atoms with Crippen molar-refractivity contribution < 1.29 is 17.9 Å². The van der Waals surface area contributed by atoms with E-state index in [0.717, 1.165) is 17.5 Å². The zero-order valence-electron chi connectivity index (χ0n) is 18.0. The van der Waals surface area contributed by atoms with Crippen molar-refractivity contribution in [3.05, 3.63) is 59.2 Å². The first kappa shape index (κ1) is 22.3. The van der Waals surface area contributed by atoms with E-state index in [1.165, 1.54) is 17.5 Å². The second-order valence-electron chi connectivity index (χ2n) is 8.30. The average molecular weight is 431 g/mol. The van der Waals surface area contributed by atoms with Crippen LogP contribution in [0.1, 0.15) is 41.8 Å². The lowest BCUT2D eigenvalue weighted by Crippen LogP contribution is -2.42. The maximum atomic E-state index is 13.4. The minimum absolute atomic E-state index is 0.0364. The topological polar surface area (TPSA) is 75.7 Å². The zero-order chi connectivity index (χ0) is 21.9. The maximum Gasteiger partial charge on any atom is 0.251 e. The number of piperidine rings is 1. The van der Waals surface area contributed by atoms with Crippen LogP contribution >= 0.6 is 0 Å². The van der Waals surface area contributed by atoms with E-state index < -0.39 is 10.0 Å². The largest absolute Gasteiger partial charge is 0.495 e. The lowest BCUT2D eigenvalue weighted by Gasteiger charge is -2.34. The van der Waals surface area contributed by atoms with Gasteiger partial charge in [-0.15, -0.1) is 0 Å². The Morgan fingerprint density at radius 2 is 1.73 bits per heavy atom. The molecular formula is C23H30N2O4S. The number of ether oxygens (including phenoxy) is 1. The van der Waals surface area contributed by atoms with E-state index in [-0.39, 0.29) is 28.4 Å². The molecule has 30 heavy (non-hydrogen) atoms. The number of rotatable bonds is 6. The number of methoxy groups -OCH3 is 1. The third-order valence-corrected chi connectivity index (χ3v) is 7.31. The summed E-state index contributed by atoms with van der Waals surface area (Å²) >= 11 is 0. The van der Waals surface area contributed by atoms with Crippen LogP contribution in [0.3, 0.4) is 0 Å². The highest BCUT2D eigenvalue weighted by Gasteiger charge is 2.34. The van der Waals surface area contributed by atoms with Crippen LogP contribution in [0.25, 0.3) is 0 Å². The first-order chi connectivity index (χ1) is 14.2. The highest BCUT2D eigenvalue weighted by Crippen LogP contribution is 2.32. The van der Waals surface area contributed by atoms with E-state index in [2.05, 4.69) is 19.2 Å². The van der Waals surface area contributed by atoms with Gasteiger partial charge in [-0.05, 0) is 48.9 Å². The number of benzene rings is 2. The van der Waals surface area contributed by atoms with Gasteiger partial charge in [0.05, 0.1) is 7.11 Å². The van der Waals surface area contributed by atoms with E-state index in [1.807, 2.05) is 31.2 Å². The zero-order valence-corrected chi connectivity index (χ0v) is 18.8. The van der Waals surface area contributed by atoms with Crippen LogP contribution in [0.15, 0.2) is 47.4 Å². The SMILES string of the molecule is COc1ccc(C(=O)NCc2ccc(C)cc2)cc1S(=O)(=O)N1CC(C)CC(C)C1. The Hall–Kier alpha value is -2.38. The summed E-state index contributed by atoms with van der Waals surface area (Å²) in [5, 5.41) is 2.86. The Balaban J connectivity index is 1.83. The van der Waals surface area contributed by atoms with Gasteiger partial charge in [-0.1, -0.05) is 43.7 Å². The van der Waals surface area contributed by atoms with Crippen LogP contribution in [0.2, 0.25) is 0 Å². The molecule has 6 nitrogen and oxygen atoms in total. The molecule has 2 aromatic carbocycles. The summed E-state index contributed by atoms with van der Waals surface area (Å²) in [6.07, 6.45) is 1.00. The number of aryl methyl sites for hydroxylation is 1. The van der Waals surface area contributed by atoms with E-state index in [4.69, 9.17) is 4.74 Å². The summed E-state index contributed by atoms with van der Waals surface area (Å²) in [6, 6.07) is 12.4. The van der Waals surface area contributed by atoms with Crippen molar-refractivity contribution in [1.82, 2.24) is 9.62 Å². The van der Waals surface area contributed by atoms with Gasteiger partial charge in [0.2, 0.25) is 10.0 Å². The molecule has 1 aliphatic rings. The molecule has 0 aliphatic carbocycles. The van der Waals surface area contributed by atoms with Crippen LogP contribution in [0.5, 0.6) is 5.75 Å². The van der Waals surface area contributed by atoms with E-state index >= 15 is 0 Å².